The second kappa shape index (κ2) is 7.12. The number of hydrogen-bond donors (Lipinski definition) is 1. The SMILES string of the molecule is CC(C)C1CCCC(Nc2ccc(Cl)c([N+](=O)[O-])c2)CC1. The summed E-state index contributed by atoms with van der Waals surface area (Å²) in [5.41, 5.74) is 0.759. The summed E-state index contributed by atoms with van der Waals surface area (Å²) in [6.07, 6.45) is 5.98. The van der Waals surface area contributed by atoms with Gasteiger partial charge in [0, 0.05) is 17.8 Å². The van der Waals surface area contributed by atoms with Crippen molar-refractivity contribution in [3.05, 3.63) is 33.3 Å². The molecule has 1 aromatic rings. The minimum atomic E-state index is -0.435. The van der Waals surface area contributed by atoms with Gasteiger partial charge in [0.05, 0.1) is 4.92 Å². The lowest BCUT2D eigenvalue weighted by Gasteiger charge is -2.19. The zero-order chi connectivity index (χ0) is 15.4. The molecule has 2 atom stereocenters. The van der Waals surface area contributed by atoms with Crippen LogP contribution in [0.5, 0.6) is 0 Å². The molecule has 21 heavy (non-hydrogen) atoms. The normalized spacial score (nSPS) is 22.9. The first-order chi connectivity index (χ1) is 9.97. The van der Waals surface area contributed by atoms with Gasteiger partial charge in [0.1, 0.15) is 5.02 Å². The van der Waals surface area contributed by atoms with Gasteiger partial charge in [0.25, 0.3) is 5.69 Å². The zero-order valence-electron chi connectivity index (χ0n) is 12.6. The highest BCUT2D eigenvalue weighted by Crippen LogP contribution is 2.32. The van der Waals surface area contributed by atoms with E-state index in [0.29, 0.717) is 6.04 Å². The second-order valence-corrected chi connectivity index (χ2v) is 6.68. The summed E-state index contributed by atoms with van der Waals surface area (Å²) in [5, 5.41) is 14.6. The maximum Gasteiger partial charge on any atom is 0.289 e. The molecule has 4 nitrogen and oxygen atoms in total. The Bertz CT molecular complexity index is 505. The smallest absolute Gasteiger partial charge is 0.289 e. The second-order valence-electron chi connectivity index (χ2n) is 6.28. The Labute approximate surface area is 131 Å². The van der Waals surface area contributed by atoms with Gasteiger partial charge in [-0.1, -0.05) is 38.3 Å². The van der Waals surface area contributed by atoms with Gasteiger partial charge in [0.15, 0.2) is 0 Å². The summed E-state index contributed by atoms with van der Waals surface area (Å²) in [4.78, 5) is 10.5. The topological polar surface area (TPSA) is 55.2 Å². The molecule has 0 radical (unpaired) electrons. The molecule has 1 fully saturated rings. The fourth-order valence-electron chi connectivity index (χ4n) is 3.12. The molecule has 1 aliphatic rings. The van der Waals surface area contributed by atoms with Crippen molar-refractivity contribution in [2.45, 2.75) is 52.0 Å². The van der Waals surface area contributed by atoms with Gasteiger partial charge in [-0.15, -0.1) is 0 Å². The number of halogens is 1. The van der Waals surface area contributed by atoms with Crippen LogP contribution in [0.25, 0.3) is 0 Å². The molecule has 116 valence electrons. The number of nitro benzene ring substituents is 1. The Morgan fingerprint density at radius 3 is 2.71 bits per heavy atom. The Balaban J connectivity index is 2.01. The van der Waals surface area contributed by atoms with Crippen LogP contribution in [0, 0.1) is 22.0 Å². The Kier molecular flexibility index (Phi) is 5.45. The fraction of sp³-hybridized carbons (Fsp3) is 0.625. The Morgan fingerprint density at radius 1 is 1.29 bits per heavy atom. The number of hydrogen-bond acceptors (Lipinski definition) is 3. The average Bonchev–Trinajstić information content (AvgIpc) is 2.66. The van der Waals surface area contributed by atoms with Crippen molar-refractivity contribution in [1.29, 1.82) is 0 Å². The van der Waals surface area contributed by atoms with Gasteiger partial charge in [-0.25, -0.2) is 0 Å². The van der Waals surface area contributed by atoms with Crippen molar-refractivity contribution in [2.75, 3.05) is 5.32 Å². The number of nitrogens with zero attached hydrogens (tertiary/aromatic N) is 1. The molecule has 0 bridgehead atoms. The zero-order valence-corrected chi connectivity index (χ0v) is 13.4. The summed E-state index contributed by atoms with van der Waals surface area (Å²) >= 11 is 5.84. The fourth-order valence-corrected chi connectivity index (χ4v) is 3.31. The maximum absolute atomic E-state index is 10.9. The first-order valence-corrected chi connectivity index (χ1v) is 8.05. The van der Waals surface area contributed by atoms with E-state index in [9.17, 15) is 10.1 Å². The van der Waals surface area contributed by atoms with E-state index in [2.05, 4.69) is 19.2 Å². The van der Waals surface area contributed by atoms with Crippen molar-refractivity contribution in [3.8, 4) is 0 Å². The van der Waals surface area contributed by atoms with Crippen LogP contribution in [0.4, 0.5) is 11.4 Å². The van der Waals surface area contributed by atoms with Crippen molar-refractivity contribution in [1.82, 2.24) is 0 Å². The first-order valence-electron chi connectivity index (χ1n) is 7.68. The van der Waals surface area contributed by atoms with Crippen LogP contribution in [0.15, 0.2) is 18.2 Å². The molecule has 0 saturated heterocycles. The molecule has 1 N–H and O–H groups in total. The van der Waals surface area contributed by atoms with Crippen LogP contribution in [0.3, 0.4) is 0 Å². The van der Waals surface area contributed by atoms with E-state index in [-0.39, 0.29) is 10.7 Å². The standard InChI is InChI=1S/C16H23ClN2O2/c1-11(2)12-4-3-5-13(7-6-12)18-14-8-9-15(17)16(10-14)19(20)21/h8-13,18H,3-7H2,1-2H3. The molecule has 1 aromatic carbocycles. The van der Waals surface area contributed by atoms with E-state index >= 15 is 0 Å². The first kappa shape index (κ1) is 16.1. The predicted octanol–water partition coefficient (Wildman–Crippen LogP) is 5.27. The third kappa shape index (κ3) is 4.34. The molecule has 2 unspecified atom stereocenters. The summed E-state index contributed by atoms with van der Waals surface area (Å²) < 4.78 is 0. The molecular formula is C16H23ClN2O2. The van der Waals surface area contributed by atoms with Crippen molar-refractivity contribution >= 4 is 23.0 Å². The molecule has 0 amide bonds. The third-order valence-corrected chi connectivity index (χ3v) is 4.79. The minimum Gasteiger partial charge on any atom is -0.382 e. The number of anilines is 1. The number of nitrogens with one attached hydrogen (secondary N) is 1. The molecule has 0 heterocycles. The van der Waals surface area contributed by atoms with Gasteiger partial charge >= 0.3 is 0 Å². The van der Waals surface area contributed by atoms with Crippen LogP contribution in [0.1, 0.15) is 46.0 Å². The van der Waals surface area contributed by atoms with E-state index in [1.807, 2.05) is 6.07 Å². The lowest BCUT2D eigenvalue weighted by Crippen LogP contribution is -2.18. The highest BCUT2D eigenvalue weighted by atomic mass is 35.5. The minimum absolute atomic E-state index is 0.0321. The van der Waals surface area contributed by atoms with Crippen LogP contribution < -0.4 is 5.32 Å². The number of benzene rings is 1. The lowest BCUT2D eigenvalue weighted by molar-refractivity contribution is -0.384. The van der Waals surface area contributed by atoms with E-state index < -0.39 is 4.92 Å². The summed E-state index contributed by atoms with van der Waals surface area (Å²) in [6, 6.07) is 5.35. The van der Waals surface area contributed by atoms with Gasteiger partial charge in [-0.05, 0) is 43.2 Å². The molecule has 2 rings (SSSR count). The highest BCUT2D eigenvalue weighted by Gasteiger charge is 2.21. The molecule has 1 saturated carbocycles. The third-order valence-electron chi connectivity index (χ3n) is 4.47. The predicted molar refractivity (Wildman–Crippen MR) is 86.9 cm³/mol. The van der Waals surface area contributed by atoms with Crippen LogP contribution in [-0.2, 0) is 0 Å². The molecule has 0 aromatic heterocycles. The highest BCUT2D eigenvalue weighted by molar-refractivity contribution is 6.32. The Hall–Kier alpha value is -1.29. The van der Waals surface area contributed by atoms with Crippen molar-refractivity contribution in [3.63, 3.8) is 0 Å². The molecule has 0 aliphatic heterocycles. The molecule has 5 heteroatoms. The van der Waals surface area contributed by atoms with Crippen LogP contribution >= 0.6 is 11.6 Å². The van der Waals surface area contributed by atoms with Gasteiger partial charge < -0.3 is 5.32 Å². The summed E-state index contributed by atoms with van der Waals surface area (Å²) in [7, 11) is 0. The van der Waals surface area contributed by atoms with E-state index in [0.717, 1.165) is 30.4 Å². The van der Waals surface area contributed by atoms with Gasteiger partial charge in [-0.3, -0.25) is 10.1 Å². The monoisotopic (exact) mass is 310 g/mol. The summed E-state index contributed by atoms with van der Waals surface area (Å²) in [5.74, 6) is 1.54. The molecular weight excluding hydrogens is 288 g/mol. The lowest BCUT2D eigenvalue weighted by atomic mass is 9.89. The van der Waals surface area contributed by atoms with Crippen LogP contribution in [-0.4, -0.2) is 11.0 Å². The number of nitro groups is 1. The molecule has 0 spiro atoms. The average molecular weight is 311 g/mol. The van der Waals surface area contributed by atoms with E-state index in [1.165, 1.54) is 25.3 Å². The summed E-state index contributed by atoms with van der Waals surface area (Å²) in [6.45, 7) is 4.59. The Morgan fingerprint density at radius 2 is 2.05 bits per heavy atom. The molecule has 1 aliphatic carbocycles. The van der Waals surface area contributed by atoms with E-state index in [4.69, 9.17) is 11.6 Å². The van der Waals surface area contributed by atoms with Gasteiger partial charge in [-0.2, -0.15) is 0 Å². The van der Waals surface area contributed by atoms with E-state index in [1.54, 1.807) is 6.07 Å². The number of rotatable bonds is 4. The maximum atomic E-state index is 10.9. The quantitative estimate of drug-likeness (QED) is 0.468. The van der Waals surface area contributed by atoms with Crippen molar-refractivity contribution < 1.29 is 4.92 Å². The van der Waals surface area contributed by atoms with Gasteiger partial charge in [0.2, 0.25) is 0 Å². The largest absolute Gasteiger partial charge is 0.382 e. The van der Waals surface area contributed by atoms with Crippen molar-refractivity contribution in [2.24, 2.45) is 11.8 Å². The van der Waals surface area contributed by atoms with Crippen LogP contribution in [0.2, 0.25) is 5.02 Å².